The lowest BCUT2D eigenvalue weighted by Gasteiger charge is -2.38. The normalized spacial score (nSPS) is 17.5. The SMILES string of the molecule is [C-]#[N+]CCOP(OCC(COC(c1ccccc1)(c1ccc(OC)cc1)c1ccc(OC)cc1)NC(=O)CNC(=O)CCCC[C@@H]1SC[C@H]2[C@@H]1NC(=O)N2C(=O)c1ccc(C(C)(C)C)cc1)N(C(C)C)C(C)C. The quantitative estimate of drug-likeness (QED) is 0.0181. The standard InChI is InChI=1S/C56H73N6O9PS/c1-38(2)62(39(3)4)72(70-33-32-57-8)71-36-45(35-69-56(42-16-12-11-13-17-42,43-24-28-46(67-9)29-25-43)44-26-30-47(68-10)31-27-44)59-51(64)34-58-50(63)19-15-14-18-49-52-48(37-73-49)61(54(66)60-52)53(65)40-20-22-41(23-21-40)55(5,6)7/h11-13,16-17,20-31,38-39,45,48-49,52H,14-15,18-19,32-37H2,1-7,9-10H3,(H,58,63)(H,59,64)(H,60,66)/t45?,48-,49-,52-,72?/m0/s1. The molecule has 0 aliphatic carbocycles. The molecular formula is C56H73N6O9PS. The lowest BCUT2D eigenvalue weighted by Crippen LogP contribution is -2.48. The van der Waals surface area contributed by atoms with Crippen LogP contribution in [0.5, 0.6) is 11.5 Å². The number of hydrogen-bond acceptors (Lipinski definition) is 11. The van der Waals surface area contributed by atoms with Crippen LogP contribution in [0.2, 0.25) is 0 Å². The lowest BCUT2D eigenvalue weighted by atomic mass is 9.80. The molecule has 4 aromatic rings. The van der Waals surface area contributed by atoms with Crippen molar-refractivity contribution in [2.75, 3.05) is 52.9 Å². The minimum absolute atomic E-state index is 0.00656. The van der Waals surface area contributed by atoms with Crippen molar-refractivity contribution in [1.29, 1.82) is 0 Å². The van der Waals surface area contributed by atoms with Gasteiger partial charge in [0.05, 0.1) is 52.1 Å². The predicted octanol–water partition coefficient (Wildman–Crippen LogP) is 9.49. The van der Waals surface area contributed by atoms with E-state index in [-0.39, 0.29) is 92.0 Å². The van der Waals surface area contributed by atoms with Gasteiger partial charge < -0.3 is 44.1 Å². The summed E-state index contributed by atoms with van der Waals surface area (Å²) < 4.78 is 33.2. The van der Waals surface area contributed by atoms with Crippen molar-refractivity contribution in [2.45, 2.75) is 121 Å². The highest BCUT2D eigenvalue weighted by molar-refractivity contribution is 8.00. The molecule has 0 spiro atoms. The van der Waals surface area contributed by atoms with Crippen molar-refractivity contribution >= 4 is 44.0 Å². The van der Waals surface area contributed by atoms with Gasteiger partial charge in [-0.2, -0.15) is 11.8 Å². The Kier molecular flexibility index (Phi) is 20.7. The Bertz CT molecular complexity index is 2410. The summed E-state index contributed by atoms with van der Waals surface area (Å²) in [7, 11) is 1.57. The van der Waals surface area contributed by atoms with Crippen LogP contribution in [0, 0.1) is 6.57 Å². The van der Waals surface area contributed by atoms with E-state index in [4.69, 9.17) is 29.8 Å². The van der Waals surface area contributed by atoms with Gasteiger partial charge in [0, 0.05) is 35.1 Å². The Morgan fingerprint density at radius 1 is 0.808 bits per heavy atom. The molecule has 4 aromatic carbocycles. The van der Waals surface area contributed by atoms with Crippen LogP contribution in [0.1, 0.15) is 107 Å². The number of nitrogens with zero attached hydrogens (tertiary/aromatic N) is 3. The van der Waals surface area contributed by atoms with Crippen molar-refractivity contribution in [2.24, 2.45) is 0 Å². The number of urea groups is 1. The fourth-order valence-electron chi connectivity index (χ4n) is 9.29. The number of amides is 5. The zero-order valence-corrected chi connectivity index (χ0v) is 45.4. The molecule has 2 saturated heterocycles. The summed E-state index contributed by atoms with van der Waals surface area (Å²) in [4.78, 5) is 58.7. The zero-order chi connectivity index (χ0) is 52.7. The molecule has 2 aliphatic heterocycles. The molecule has 3 N–H and O–H groups in total. The average Bonchev–Trinajstić information content (AvgIpc) is 3.93. The number of ether oxygens (including phenoxy) is 3. The van der Waals surface area contributed by atoms with Crippen LogP contribution in [-0.4, -0.2) is 122 Å². The van der Waals surface area contributed by atoms with Gasteiger partial charge in [0.1, 0.15) is 23.7 Å². The Morgan fingerprint density at radius 3 is 1.96 bits per heavy atom. The van der Waals surface area contributed by atoms with Gasteiger partial charge in [-0.1, -0.05) is 93.9 Å². The van der Waals surface area contributed by atoms with Gasteiger partial charge in [-0.05, 0) is 105 Å². The van der Waals surface area contributed by atoms with E-state index >= 15 is 0 Å². The molecule has 2 unspecified atom stereocenters. The molecule has 2 heterocycles. The molecule has 5 atom stereocenters. The Morgan fingerprint density at radius 2 is 1.40 bits per heavy atom. The maximum Gasteiger partial charge on any atom is 0.325 e. The summed E-state index contributed by atoms with van der Waals surface area (Å²) in [6, 6.07) is 31.3. The van der Waals surface area contributed by atoms with Crippen LogP contribution < -0.4 is 25.4 Å². The molecule has 2 fully saturated rings. The summed E-state index contributed by atoms with van der Waals surface area (Å²) in [5.41, 5.74) is 2.82. The summed E-state index contributed by atoms with van der Waals surface area (Å²) in [6.07, 6.45) is 2.29. The second-order valence-electron chi connectivity index (χ2n) is 19.8. The second kappa shape index (κ2) is 26.6. The highest BCUT2D eigenvalue weighted by Crippen LogP contribution is 2.47. The Labute approximate surface area is 437 Å². The first kappa shape index (κ1) is 56.8. The third kappa shape index (κ3) is 14.6. The average molecular weight is 1040 g/mol. The number of methoxy groups -OCH3 is 2. The van der Waals surface area contributed by atoms with Crippen molar-refractivity contribution in [3.05, 3.63) is 142 Å². The van der Waals surface area contributed by atoms with Crippen LogP contribution in [0.25, 0.3) is 4.85 Å². The highest BCUT2D eigenvalue weighted by Gasteiger charge is 2.50. The van der Waals surface area contributed by atoms with E-state index in [1.54, 1.807) is 38.1 Å². The van der Waals surface area contributed by atoms with Gasteiger partial charge in [-0.3, -0.25) is 19.3 Å². The molecule has 17 heteroatoms. The predicted molar refractivity (Wildman–Crippen MR) is 288 cm³/mol. The summed E-state index contributed by atoms with van der Waals surface area (Å²) >= 11 is 1.74. The summed E-state index contributed by atoms with van der Waals surface area (Å²) in [6.45, 7) is 22.0. The Balaban J connectivity index is 1.12. The van der Waals surface area contributed by atoms with Crippen LogP contribution in [0.15, 0.2) is 103 Å². The van der Waals surface area contributed by atoms with Crippen molar-refractivity contribution < 1.29 is 42.4 Å². The van der Waals surface area contributed by atoms with Crippen LogP contribution in [0.4, 0.5) is 4.79 Å². The van der Waals surface area contributed by atoms with E-state index < -0.39 is 26.1 Å². The number of unbranched alkanes of at least 4 members (excludes halogenated alkanes) is 1. The third-order valence-corrected chi connectivity index (χ3v) is 16.6. The molecule has 0 bridgehead atoms. The van der Waals surface area contributed by atoms with Gasteiger partial charge in [0.25, 0.3) is 14.4 Å². The van der Waals surface area contributed by atoms with Gasteiger partial charge >= 0.3 is 6.03 Å². The third-order valence-electron chi connectivity index (χ3n) is 13.0. The summed E-state index contributed by atoms with van der Waals surface area (Å²) in [5, 5.41) is 9.07. The van der Waals surface area contributed by atoms with Crippen molar-refractivity contribution in [1.82, 2.24) is 25.5 Å². The number of benzene rings is 4. The number of hydrogen-bond donors (Lipinski definition) is 3. The number of carbonyl (C=O) groups is 4. The molecule has 6 rings (SSSR count). The van der Waals surface area contributed by atoms with Crippen LogP contribution in [-0.2, 0) is 34.4 Å². The minimum Gasteiger partial charge on any atom is -0.497 e. The summed E-state index contributed by atoms with van der Waals surface area (Å²) in [5.74, 6) is 1.02. The monoisotopic (exact) mass is 1040 g/mol. The first-order chi connectivity index (χ1) is 35.0. The highest BCUT2D eigenvalue weighted by atomic mass is 32.2. The van der Waals surface area contributed by atoms with Gasteiger partial charge in [-0.25, -0.2) is 16.0 Å². The van der Waals surface area contributed by atoms with E-state index in [1.807, 2.05) is 91.0 Å². The lowest BCUT2D eigenvalue weighted by molar-refractivity contribution is -0.127. The number of imide groups is 1. The molecule has 5 amide bonds. The fraction of sp³-hybridized carbons (Fsp3) is 0.482. The number of fused-ring (bicyclic) bond motifs is 1. The van der Waals surface area contributed by atoms with Gasteiger partial charge in [0.2, 0.25) is 18.4 Å². The van der Waals surface area contributed by atoms with E-state index in [1.165, 1.54) is 4.90 Å². The number of rotatable bonds is 26. The molecule has 73 heavy (non-hydrogen) atoms. The molecule has 0 radical (unpaired) electrons. The number of thioether (sulfide) groups is 1. The topological polar surface area (TPSA) is 161 Å². The largest absolute Gasteiger partial charge is 0.497 e. The Hall–Kier alpha value is -5.53. The number of carbonyl (C=O) groups excluding carboxylic acids is 4. The van der Waals surface area contributed by atoms with Crippen molar-refractivity contribution in [3.8, 4) is 11.5 Å². The van der Waals surface area contributed by atoms with Crippen molar-refractivity contribution in [3.63, 3.8) is 0 Å². The molecule has 0 saturated carbocycles. The first-order valence-corrected chi connectivity index (χ1v) is 27.3. The fourth-order valence-corrected chi connectivity index (χ4v) is 12.5. The zero-order valence-electron chi connectivity index (χ0n) is 43.7. The smallest absolute Gasteiger partial charge is 0.325 e. The van der Waals surface area contributed by atoms with E-state index in [0.717, 1.165) is 35.1 Å². The number of nitrogens with one attached hydrogen (secondary N) is 3. The van der Waals surface area contributed by atoms with E-state index in [0.29, 0.717) is 29.2 Å². The molecular weight excluding hydrogens is 964 g/mol. The molecule has 392 valence electrons. The second-order valence-corrected chi connectivity index (χ2v) is 22.6. The maximum atomic E-state index is 13.9. The van der Waals surface area contributed by atoms with E-state index in [9.17, 15) is 19.2 Å². The first-order valence-electron chi connectivity index (χ1n) is 25.1. The molecule has 0 aromatic heterocycles. The van der Waals surface area contributed by atoms with Crippen LogP contribution in [0.3, 0.4) is 0 Å². The van der Waals surface area contributed by atoms with Crippen LogP contribution >= 0.6 is 20.3 Å². The molecule has 2 aliphatic rings. The molecule has 15 nitrogen and oxygen atoms in total. The minimum atomic E-state index is -1.66. The van der Waals surface area contributed by atoms with E-state index in [2.05, 4.69) is 73.9 Å². The maximum absolute atomic E-state index is 13.9. The van der Waals surface area contributed by atoms with Gasteiger partial charge in [-0.15, -0.1) is 0 Å². The van der Waals surface area contributed by atoms with Gasteiger partial charge in [0.15, 0.2) is 0 Å².